The molecule has 0 amide bonds. The van der Waals surface area contributed by atoms with Gasteiger partial charge in [-0.1, -0.05) is 13.3 Å². The first kappa shape index (κ1) is 19.6. The van der Waals surface area contributed by atoms with Crippen molar-refractivity contribution in [2.45, 2.75) is 59.4 Å². The molecule has 3 aromatic rings. The molecule has 0 bridgehead atoms. The minimum absolute atomic E-state index is 0.0241. The van der Waals surface area contributed by atoms with Gasteiger partial charge in [0.1, 0.15) is 17.0 Å². The number of rotatable bonds is 5. The zero-order chi connectivity index (χ0) is 20.7. The number of pyridine rings is 1. The van der Waals surface area contributed by atoms with Crippen molar-refractivity contribution in [3.05, 3.63) is 51.6 Å². The Balaban J connectivity index is 1.99. The maximum Gasteiger partial charge on any atom is 0.272 e. The van der Waals surface area contributed by atoms with Crippen molar-refractivity contribution in [2.24, 2.45) is 5.92 Å². The van der Waals surface area contributed by atoms with E-state index in [1.165, 1.54) is 19.3 Å². The molecule has 5 heteroatoms. The summed E-state index contributed by atoms with van der Waals surface area (Å²) < 4.78 is 7.47. The molecule has 1 aliphatic carbocycles. The van der Waals surface area contributed by atoms with Gasteiger partial charge in [0.25, 0.3) is 5.56 Å². The highest BCUT2D eigenvalue weighted by atomic mass is 16.5. The Labute approximate surface area is 171 Å². The lowest BCUT2D eigenvalue weighted by molar-refractivity contribution is 0.203. The number of hydrogen-bond acceptors (Lipinski definition) is 4. The van der Waals surface area contributed by atoms with Gasteiger partial charge < -0.3 is 9.30 Å². The predicted molar refractivity (Wildman–Crippen MR) is 117 cm³/mol. The van der Waals surface area contributed by atoms with Crippen LogP contribution in [-0.2, 0) is 0 Å². The van der Waals surface area contributed by atoms with Gasteiger partial charge in [0.05, 0.1) is 18.3 Å². The molecular formula is C24H29N3O2. The van der Waals surface area contributed by atoms with Gasteiger partial charge in [-0.25, -0.2) is 4.98 Å². The van der Waals surface area contributed by atoms with E-state index in [1.807, 2.05) is 30.5 Å². The van der Waals surface area contributed by atoms with Crippen LogP contribution in [0.25, 0.3) is 22.3 Å². The van der Waals surface area contributed by atoms with Crippen LogP contribution in [0.1, 0.15) is 55.5 Å². The summed E-state index contributed by atoms with van der Waals surface area (Å²) in [6.45, 7) is 8.08. The molecule has 1 aromatic carbocycles. The van der Waals surface area contributed by atoms with Crippen LogP contribution in [0.15, 0.2) is 29.2 Å². The molecule has 0 aliphatic heterocycles. The Kier molecular flexibility index (Phi) is 5.15. The molecule has 2 heterocycles. The maximum atomic E-state index is 13.1. The van der Waals surface area contributed by atoms with Gasteiger partial charge in [-0.05, 0) is 75.3 Å². The Hall–Kier alpha value is -2.69. The molecule has 1 atom stereocenters. The fourth-order valence-corrected chi connectivity index (χ4v) is 4.59. The number of ether oxygens (including phenoxy) is 1. The molecule has 4 rings (SSSR count). The van der Waals surface area contributed by atoms with Crippen LogP contribution >= 0.6 is 0 Å². The number of benzene rings is 1. The van der Waals surface area contributed by atoms with Crippen molar-refractivity contribution >= 4 is 11.0 Å². The van der Waals surface area contributed by atoms with Crippen LogP contribution in [0.3, 0.4) is 0 Å². The quantitative estimate of drug-likeness (QED) is 0.604. The highest BCUT2D eigenvalue weighted by Gasteiger charge is 2.30. The van der Waals surface area contributed by atoms with Crippen LogP contribution in [-0.4, -0.2) is 21.6 Å². The minimum atomic E-state index is 0.0241. The minimum Gasteiger partial charge on any atom is -0.496 e. The maximum absolute atomic E-state index is 13.1. The lowest BCUT2D eigenvalue weighted by Gasteiger charge is -2.35. The molecule has 0 spiro atoms. The molecule has 1 aliphatic rings. The molecular weight excluding hydrogens is 362 g/mol. The van der Waals surface area contributed by atoms with Gasteiger partial charge >= 0.3 is 0 Å². The lowest BCUT2D eigenvalue weighted by atomic mass is 9.78. The summed E-state index contributed by atoms with van der Waals surface area (Å²) in [5.74, 6) is 1.44. The lowest BCUT2D eigenvalue weighted by Crippen LogP contribution is -2.34. The summed E-state index contributed by atoms with van der Waals surface area (Å²) in [7, 11) is 1.69. The summed E-state index contributed by atoms with van der Waals surface area (Å²) in [4.78, 5) is 22.6. The Morgan fingerprint density at radius 2 is 1.97 bits per heavy atom. The second-order valence-electron chi connectivity index (χ2n) is 8.20. The zero-order valence-corrected chi connectivity index (χ0v) is 18.0. The van der Waals surface area contributed by atoms with Crippen LogP contribution in [0.5, 0.6) is 5.75 Å². The van der Waals surface area contributed by atoms with Crippen LogP contribution in [0, 0.1) is 26.7 Å². The Bertz CT molecular complexity index is 1130. The standard InChI is InChI=1S/C24H29N3O2/c1-6-19(17-8-7-9-17)27-20-10-11-25-22(23(20)26-16(4)24(27)28)18-12-15(3)21(29-5)13-14(18)2/h10-13,17,19H,6-9H2,1-5H3/t19-/m1/s1. The molecule has 0 unspecified atom stereocenters. The second-order valence-corrected chi connectivity index (χ2v) is 8.20. The molecule has 0 N–H and O–H groups in total. The molecule has 0 radical (unpaired) electrons. The van der Waals surface area contributed by atoms with E-state index in [2.05, 4.69) is 19.9 Å². The van der Waals surface area contributed by atoms with E-state index in [0.717, 1.165) is 45.6 Å². The average molecular weight is 392 g/mol. The Morgan fingerprint density at radius 3 is 2.59 bits per heavy atom. The number of methoxy groups -OCH3 is 1. The summed E-state index contributed by atoms with van der Waals surface area (Å²) in [6.07, 6.45) is 6.40. The molecule has 5 nitrogen and oxygen atoms in total. The van der Waals surface area contributed by atoms with E-state index in [-0.39, 0.29) is 11.6 Å². The largest absolute Gasteiger partial charge is 0.496 e. The molecule has 2 aromatic heterocycles. The van der Waals surface area contributed by atoms with Crippen molar-refractivity contribution in [3.63, 3.8) is 0 Å². The highest BCUT2D eigenvalue weighted by Crippen LogP contribution is 2.39. The first-order chi connectivity index (χ1) is 14.0. The van der Waals surface area contributed by atoms with Gasteiger partial charge in [0.15, 0.2) is 0 Å². The van der Waals surface area contributed by atoms with E-state index in [4.69, 9.17) is 14.7 Å². The van der Waals surface area contributed by atoms with Crippen LogP contribution in [0.2, 0.25) is 0 Å². The first-order valence-electron chi connectivity index (χ1n) is 10.5. The monoisotopic (exact) mass is 391 g/mol. The molecule has 1 saturated carbocycles. The summed E-state index contributed by atoms with van der Waals surface area (Å²) in [5, 5.41) is 0. The third-order valence-corrected chi connectivity index (χ3v) is 6.41. The predicted octanol–water partition coefficient (Wildman–Crippen LogP) is 5.14. The third kappa shape index (κ3) is 3.22. The number of hydrogen-bond donors (Lipinski definition) is 0. The average Bonchev–Trinajstić information content (AvgIpc) is 2.67. The summed E-state index contributed by atoms with van der Waals surface area (Å²) >= 11 is 0. The summed E-state index contributed by atoms with van der Waals surface area (Å²) in [6, 6.07) is 6.30. The summed E-state index contributed by atoms with van der Waals surface area (Å²) in [5.41, 5.74) is 6.23. The molecule has 0 saturated heterocycles. The van der Waals surface area contributed by atoms with Gasteiger partial charge in [-0.2, -0.15) is 0 Å². The van der Waals surface area contributed by atoms with Gasteiger partial charge in [0.2, 0.25) is 0 Å². The van der Waals surface area contributed by atoms with Crippen molar-refractivity contribution in [2.75, 3.05) is 7.11 Å². The fourth-order valence-electron chi connectivity index (χ4n) is 4.59. The second kappa shape index (κ2) is 7.62. The van der Waals surface area contributed by atoms with E-state index in [1.54, 1.807) is 13.3 Å². The van der Waals surface area contributed by atoms with E-state index in [0.29, 0.717) is 11.6 Å². The SMILES string of the molecule is CC[C@H](C1CCC1)n1c(=O)c(C)nc2c(-c3cc(C)c(OC)cc3C)nccc21. The van der Waals surface area contributed by atoms with Crippen LogP contribution in [0.4, 0.5) is 0 Å². The molecule has 29 heavy (non-hydrogen) atoms. The van der Waals surface area contributed by atoms with Crippen molar-refractivity contribution in [1.82, 2.24) is 14.5 Å². The number of fused-ring (bicyclic) bond motifs is 1. The van der Waals surface area contributed by atoms with Crippen molar-refractivity contribution < 1.29 is 4.74 Å². The van der Waals surface area contributed by atoms with Gasteiger partial charge in [-0.15, -0.1) is 0 Å². The normalized spacial score (nSPS) is 15.3. The first-order valence-corrected chi connectivity index (χ1v) is 10.5. The van der Waals surface area contributed by atoms with Crippen LogP contribution < -0.4 is 10.3 Å². The number of aryl methyl sites for hydroxylation is 3. The highest BCUT2D eigenvalue weighted by molar-refractivity contribution is 5.90. The Morgan fingerprint density at radius 1 is 1.21 bits per heavy atom. The van der Waals surface area contributed by atoms with E-state index < -0.39 is 0 Å². The van der Waals surface area contributed by atoms with Crippen molar-refractivity contribution in [3.8, 4) is 17.0 Å². The smallest absolute Gasteiger partial charge is 0.272 e. The number of aromatic nitrogens is 3. The van der Waals surface area contributed by atoms with E-state index in [9.17, 15) is 4.79 Å². The van der Waals surface area contributed by atoms with Crippen molar-refractivity contribution in [1.29, 1.82) is 0 Å². The fraction of sp³-hybridized carbons (Fsp3) is 0.458. The molecule has 152 valence electrons. The zero-order valence-electron chi connectivity index (χ0n) is 18.0. The topological polar surface area (TPSA) is 57.0 Å². The van der Waals surface area contributed by atoms with Gasteiger partial charge in [-0.3, -0.25) is 9.78 Å². The molecule has 1 fully saturated rings. The van der Waals surface area contributed by atoms with Gasteiger partial charge in [0, 0.05) is 17.8 Å². The van der Waals surface area contributed by atoms with E-state index >= 15 is 0 Å². The number of nitrogens with zero attached hydrogens (tertiary/aromatic N) is 3. The third-order valence-electron chi connectivity index (χ3n) is 6.41.